The van der Waals surface area contributed by atoms with Gasteiger partial charge >= 0.3 is 0 Å². The molecular formula is C8H6N4S2. The van der Waals surface area contributed by atoms with E-state index in [2.05, 4.69) is 11.1 Å². The third kappa shape index (κ3) is 1.10. The molecule has 0 aromatic carbocycles. The normalized spacial score (nSPS) is 19.8. The van der Waals surface area contributed by atoms with Crippen molar-refractivity contribution in [2.75, 3.05) is 5.73 Å². The van der Waals surface area contributed by atoms with E-state index in [4.69, 9.17) is 28.9 Å². The second kappa shape index (κ2) is 3.04. The zero-order valence-corrected chi connectivity index (χ0v) is 8.65. The number of nitriles is 1. The van der Waals surface area contributed by atoms with Crippen LogP contribution >= 0.6 is 23.6 Å². The first kappa shape index (κ1) is 9.12. The van der Waals surface area contributed by atoms with Gasteiger partial charge in [0.05, 0.1) is 16.6 Å². The molecule has 4 N–H and O–H groups in total. The Kier molecular flexibility index (Phi) is 1.98. The van der Waals surface area contributed by atoms with Crippen LogP contribution in [0.1, 0.15) is 17.0 Å². The summed E-state index contributed by atoms with van der Waals surface area (Å²) in [6.45, 7) is 0. The van der Waals surface area contributed by atoms with Crippen LogP contribution in [0.4, 0.5) is 5.00 Å². The zero-order valence-electron chi connectivity index (χ0n) is 7.02. The first-order valence-corrected chi connectivity index (χ1v) is 5.08. The number of anilines is 1. The predicted octanol–water partition coefficient (Wildman–Crippen LogP) is 0.984. The molecule has 0 saturated heterocycles. The number of amidine groups is 1. The second-order valence-electron chi connectivity index (χ2n) is 2.83. The Labute approximate surface area is 89.9 Å². The standard InChI is InChI=1S/C8H6N4S2/c9-1-3-4-2-14-7(11)5(4)6(10)12-8(3)13/h2-3H,11H2,(H2,10,12,13). The van der Waals surface area contributed by atoms with Gasteiger partial charge in [0.25, 0.3) is 0 Å². The highest BCUT2D eigenvalue weighted by molar-refractivity contribution is 7.80. The number of hydrogen-bond acceptors (Lipinski definition) is 5. The summed E-state index contributed by atoms with van der Waals surface area (Å²) in [6.07, 6.45) is 0. The van der Waals surface area contributed by atoms with Gasteiger partial charge < -0.3 is 11.5 Å². The largest absolute Gasteiger partial charge is 0.390 e. The molecule has 2 rings (SSSR count). The topological polar surface area (TPSA) is 88.2 Å². The van der Waals surface area contributed by atoms with E-state index >= 15 is 0 Å². The summed E-state index contributed by atoms with van der Waals surface area (Å²) in [5.41, 5.74) is 12.9. The molecule has 0 fully saturated rings. The third-order valence-corrected chi connectivity index (χ3v) is 3.18. The molecule has 0 saturated carbocycles. The molecule has 1 aliphatic heterocycles. The summed E-state index contributed by atoms with van der Waals surface area (Å²) >= 11 is 6.31. The van der Waals surface area contributed by atoms with Gasteiger partial charge in [0.1, 0.15) is 16.7 Å². The molecule has 0 bridgehead atoms. The number of nitrogen functional groups attached to an aromatic ring is 1. The molecule has 1 aromatic rings. The molecule has 1 atom stereocenters. The van der Waals surface area contributed by atoms with Crippen LogP contribution in [-0.2, 0) is 0 Å². The Hall–Kier alpha value is -1.45. The lowest BCUT2D eigenvalue weighted by Crippen LogP contribution is -2.25. The number of thiocarbonyl (C=S) groups is 1. The maximum atomic E-state index is 8.92. The lowest BCUT2D eigenvalue weighted by molar-refractivity contribution is 1.14. The smallest absolute Gasteiger partial charge is 0.135 e. The van der Waals surface area contributed by atoms with Gasteiger partial charge in [-0.25, -0.2) is 4.99 Å². The highest BCUT2D eigenvalue weighted by Gasteiger charge is 2.28. The average molecular weight is 222 g/mol. The molecule has 2 heterocycles. The Bertz CT molecular complexity index is 480. The minimum atomic E-state index is -0.485. The van der Waals surface area contributed by atoms with Gasteiger partial charge in [-0.2, -0.15) is 5.26 Å². The average Bonchev–Trinajstić information content (AvgIpc) is 2.49. The minimum Gasteiger partial charge on any atom is -0.390 e. The van der Waals surface area contributed by atoms with Crippen LogP contribution in [0.3, 0.4) is 0 Å². The van der Waals surface area contributed by atoms with Crippen molar-refractivity contribution in [1.29, 1.82) is 5.26 Å². The molecule has 0 amide bonds. The minimum absolute atomic E-state index is 0.315. The highest BCUT2D eigenvalue weighted by atomic mass is 32.1. The van der Waals surface area contributed by atoms with E-state index in [9.17, 15) is 0 Å². The van der Waals surface area contributed by atoms with Gasteiger partial charge in [0.15, 0.2) is 0 Å². The van der Waals surface area contributed by atoms with Crippen molar-refractivity contribution in [3.63, 3.8) is 0 Å². The first-order chi connectivity index (χ1) is 6.65. The van der Waals surface area contributed by atoms with Gasteiger partial charge in [0, 0.05) is 0 Å². The van der Waals surface area contributed by atoms with Crippen LogP contribution in [0.5, 0.6) is 0 Å². The summed E-state index contributed by atoms with van der Waals surface area (Å²) < 4.78 is 0. The first-order valence-electron chi connectivity index (χ1n) is 3.80. The van der Waals surface area contributed by atoms with E-state index < -0.39 is 5.92 Å². The van der Waals surface area contributed by atoms with Crippen molar-refractivity contribution in [3.8, 4) is 6.07 Å². The van der Waals surface area contributed by atoms with Gasteiger partial charge in [0.2, 0.25) is 0 Å². The van der Waals surface area contributed by atoms with Crippen LogP contribution in [0.15, 0.2) is 10.4 Å². The van der Waals surface area contributed by atoms with E-state index in [1.807, 2.05) is 5.38 Å². The number of nitrogens with two attached hydrogens (primary N) is 2. The third-order valence-electron chi connectivity index (χ3n) is 2.02. The number of aliphatic imine (C=N–C) groups is 1. The lowest BCUT2D eigenvalue weighted by atomic mass is 9.96. The van der Waals surface area contributed by atoms with E-state index in [0.717, 1.165) is 5.56 Å². The van der Waals surface area contributed by atoms with E-state index in [1.54, 1.807) is 0 Å². The van der Waals surface area contributed by atoms with Gasteiger partial charge in [-0.15, -0.1) is 11.3 Å². The molecule has 14 heavy (non-hydrogen) atoms. The van der Waals surface area contributed by atoms with Crippen LogP contribution in [0, 0.1) is 11.3 Å². The number of hydrogen-bond donors (Lipinski definition) is 2. The van der Waals surface area contributed by atoms with Crippen LogP contribution in [-0.4, -0.2) is 10.8 Å². The zero-order chi connectivity index (χ0) is 10.3. The van der Waals surface area contributed by atoms with E-state index in [1.165, 1.54) is 11.3 Å². The van der Waals surface area contributed by atoms with Crippen molar-refractivity contribution in [2.45, 2.75) is 5.92 Å². The lowest BCUT2D eigenvalue weighted by Gasteiger charge is -2.15. The Morgan fingerprint density at radius 3 is 2.93 bits per heavy atom. The Morgan fingerprint density at radius 2 is 2.29 bits per heavy atom. The number of rotatable bonds is 0. The maximum absolute atomic E-state index is 8.92. The molecule has 1 aromatic heterocycles. The molecule has 0 aliphatic carbocycles. The maximum Gasteiger partial charge on any atom is 0.135 e. The van der Waals surface area contributed by atoms with Crippen LogP contribution in [0.2, 0.25) is 0 Å². The van der Waals surface area contributed by atoms with Crippen LogP contribution < -0.4 is 11.5 Å². The fourth-order valence-corrected chi connectivity index (χ4v) is 2.50. The van der Waals surface area contributed by atoms with Gasteiger partial charge in [-0.3, -0.25) is 0 Å². The summed E-state index contributed by atoms with van der Waals surface area (Å²) in [5.74, 6) is -0.170. The van der Waals surface area contributed by atoms with Crippen molar-refractivity contribution < 1.29 is 0 Å². The molecule has 0 spiro atoms. The summed E-state index contributed by atoms with van der Waals surface area (Å²) in [6, 6.07) is 2.09. The number of fused-ring (bicyclic) bond motifs is 1. The molecular weight excluding hydrogens is 216 g/mol. The predicted molar refractivity (Wildman–Crippen MR) is 60.4 cm³/mol. The monoisotopic (exact) mass is 222 g/mol. The molecule has 6 heteroatoms. The Balaban J connectivity index is 2.69. The van der Waals surface area contributed by atoms with Gasteiger partial charge in [-0.1, -0.05) is 12.2 Å². The Morgan fingerprint density at radius 1 is 1.57 bits per heavy atom. The molecule has 70 valence electrons. The fraction of sp³-hybridized carbons (Fsp3) is 0.125. The van der Waals surface area contributed by atoms with Gasteiger partial charge in [-0.05, 0) is 10.9 Å². The van der Waals surface area contributed by atoms with Crippen molar-refractivity contribution in [1.82, 2.24) is 0 Å². The quantitative estimate of drug-likeness (QED) is 0.640. The second-order valence-corrected chi connectivity index (χ2v) is 4.16. The van der Waals surface area contributed by atoms with Crippen molar-refractivity contribution in [2.24, 2.45) is 10.7 Å². The number of thiophene rings is 1. The summed E-state index contributed by atoms with van der Waals surface area (Å²) in [5, 5.41) is 11.3. The fourth-order valence-electron chi connectivity index (χ4n) is 1.37. The SMILES string of the molecule is N#CC1C(=S)N=C(N)c2c1csc2N. The molecule has 1 unspecified atom stereocenters. The van der Waals surface area contributed by atoms with E-state index in [-0.39, 0.29) is 0 Å². The molecule has 0 radical (unpaired) electrons. The highest BCUT2D eigenvalue weighted by Crippen LogP contribution is 2.34. The van der Waals surface area contributed by atoms with E-state index in [0.29, 0.717) is 21.4 Å². The molecule has 1 aliphatic rings. The van der Waals surface area contributed by atoms with Crippen molar-refractivity contribution >= 4 is 39.4 Å². The van der Waals surface area contributed by atoms with Crippen LogP contribution in [0.25, 0.3) is 0 Å². The van der Waals surface area contributed by atoms with Crippen molar-refractivity contribution in [3.05, 3.63) is 16.5 Å². The number of nitrogens with zero attached hydrogens (tertiary/aromatic N) is 2. The summed E-state index contributed by atoms with van der Waals surface area (Å²) in [7, 11) is 0. The summed E-state index contributed by atoms with van der Waals surface area (Å²) in [4.78, 5) is 4.25. The molecule has 4 nitrogen and oxygen atoms in total.